The Balaban J connectivity index is 2.52. The number of aliphatic hydroxyl groups is 1. The number of rotatable bonds is 3. The molecule has 0 radical (unpaired) electrons. The predicted octanol–water partition coefficient (Wildman–Crippen LogP) is 1.31. The molecule has 0 bridgehead atoms. The number of carbonyl (C=O) groups excluding carboxylic acids is 1. The highest BCUT2D eigenvalue weighted by Gasteiger charge is 2.17. The summed E-state index contributed by atoms with van der Waals surface area (Å²) in [5, 5.41) is 11.9. The van der Waals surface area contributed by atoms with Gasteiger partial charge in [-0.25, -0.2) is 9.78 Å². The van der Waals surface area contributed by atoms with Gasteiger partial charge >= 0.3 is 6.09 Å². The predicted molar refractivity (Wildman–Crippen MR) is 65.9 cm³/mol. The Hall–Kier alpha value is -1.18. The van der Waals surface area contributed by atoms with Gasteiger partial charge in [-0.3, -0.25) is 5.32 Å². The lowest BCUT2D eigenvalue weighted by molar-refractivity contribution is 0.0636. The van der Waals surface area contributed by atoms with E-state index < -0.39 is 17.9 Å². The van der Waals surface area contributed by atoms with Gasteiger partial charge in [0.1, 0.15) is 11.8 Å². The standard InChI is InChI=1S/C10H17N3O3S/c1-10(2,3)16-9(15)13-8-12-5-6(17-8)4-7(11)14/h5,7,14H,4,11H2,1-3H3,(H,12,13,15). The maximum Gasteiger partial charge on any atom is 0.413 e. The van der Waals surface area contributed by atoms with Crippen LogP contribution in [0.15, 0.2) is 6.20 Å². The van der Waals surface area contributed by atoms with E-state index in [1.165, 1.54) is 11.3 Å². The van der Waals surface area contributed by atoms with Gasteiger partial charge in [-0.15, -0.1) is 11.3 Å². The van der Waals surface area contributed by atoms with E-state index in [1.807, 2.05) is 0 Å². The summed E-state index contributed by atoms with van der Waals surface area (Å²) < 4.78 is 5.07. The van der Waals surface area contributed by atoms with Crippen molar-refractivity contribution in [3.8, 4) is 0 Å². The van der Waals surface area contributed by atoms with E-state index in [2.05, 4.69) is 10.3 Å². The first kappa shape index (κ1) is 13.9. The summed E-state index contributed by atoms with van der Waals surface area (Å²) >= 11 is 1.25. The third kappa shape index (κ3) is 5.62. The highest BCUT2D eigenvalue weighted by atomic mass is 32.1. The minimum Gasteiger partial charge on any atom is -0.444 e. The zero-order chi connectivity index (χ0) is 13.1. The van der Waals surface area contributed by atoms with Crippen LogP contribution in [0.1, 0.15) is 25.6 Å². The molecule has 0 aliphatic carbocycles. The van der Waals surface area contributed by atoms with Crippen molar-refractivity contribution < 1.29 is 14.6 Å². The maximum atomic E-state index is 11.4. The number of aliphatic hydroxyl groups excluding tert-OH is 1. The molecule has 6 nitrogen and oxygen atoms in total. The molecule has 1 unspecified atom stereocenters. The quantitative estimate of drug-likeness (QED) is 0.711. The summed E-state index contributed by atoms with van der Waals surface area (Å²) in [5.41, 5.74) is 4.70. The zero-order valence-corrected chi connectivity index (χ0v) is 10.9. The van der Waals surface area contributed by atoms with Crippen molar-refractivity contribution in [1.29, 1.82) is 0 Å². The smallest absolute Gasteiger partial charge is 0.413 e. The zero-order valence-electron chi connectivity index (χ0n) is 10.1. The summed E-state index contributed by atoms with van der Waals surface area (Å²) in [4.78, 5) is 16.2. The molecule has 0 saturated heterocycles. The number of thiazole rings is 1. The van der Waals surface area contributed by atoms with Crippen molar-refractivity contribution in [1.82, 2.24) is 4.98 Å². The molecule has 7 heteroatoms. The van der Waals surface area contributed by atoms with Crippen molar-refractivity contribution in [3.05, 3.63) is 11.1 Å². The van der Waals surface area contributed by atoms with Crippen LogP contribution in [0.3, 0.4) is 0 Å². The summed E-state index contributed by atoms with van der Waals surface area (Å²) in [5.74, 6) is 0. The molecule has 1 aromatic rings. The van der Waals surface area contributed by atoms with E-state index in [0.717, 1.165) is 4.88 Å². The number of anilines is 1. The normalized spacial score (nSPS) is 13.2. The van der Waals surface area contributed by atoms with Crippen molar-refractivity contribution in [2.45, 2.75) is 39.0 Å². The molecule has 1 atom stereocenters. The van der Waals surface area contributed by atoms with Gasteiger partial charge < -0.3 is 15.6 Å². The average molecular weight is 259 g/mol. The molecule has 0 aromatic carbocycles. The number of hydrogen-bond donors (Lipinski definition) is 3. The molecule has 1 amide bonds. The van der Waals surface area contributed by atoms with E-state index in [9.17, 15) is 4.79 Å². The van der Waals surface area contributed by atoms with Gasteiger partial charge in [0.25, 0.3) is 0 Å². The SMILES string of the molecule is CC(C)(C)OC(=O)Nc1ncc(CC(N)O)s1. The molecule has 4 N–H and O–H groups in total. The largest absolute Gasteiger partial charge is 0.444 e. The van der Waals surface area contributed by atoms with Crippen LogP contribution >= 0.6 is 11.3 Å². The van der Waals surface area contributed by atoms with Crippen LogP contribution < -0.4 is 11.1 Å². The van der Waals surface area contributed by atoms with Crippen LogP contribution in [-0.2, 0) is 11.2 Å². The lowest BCUT2D eigenvalue weighted by Gasteiger charge is -2.18. The van der Waals surface area contributed by atoms with Crippen LogP contribution in [0, 0.1) is 0 Å². The van der Waals surface area contributed by atoms with Gasteiger partial charge in [0, 0.05) is 17.5 Å². The minimum atomic E-state index is -0.912. The Kier molecular flexibility index (Phi) is 4.44. The molecular weight excluding hydrogens is 242 g/mol. The molecule has 0 spiro atoms. The Morgan fingerprint density at radius 3 is 2.88 bits per heavy atom. The molecule has 17 heavy (non-hydrogen) atoms. The lowest BCUT2D eigenvalue weighted by atomic mass is 10.2. The second kappa shape index (κ2) is 5.44. The number of nitrogens with zero attached hydrogens (tertiary/aromatic N) is 1. The van der Waals surface area contributed by atoms with Crippen molar-refractivity contribution >= 4 is 22.6 Å². The van der Waals surface area contributed by atoms with Crippen LogP contribution in [0.4, 0.5) is 9.93 Å². The number of hydrogen-bond acceptors (Lipinski definition) is 6. The van der Waals surface area contributed by atoms with E-state index in [-0.39, 0.29) is 0 Å². The van der Waals surface area contributed by atoms with Gasteiger partial charge in [-0.2, -0.15) is 0 Å². The molecule has 0 saturated carbocycles. The van der Waals surface area contributed by atoms with Crippen LogP contribution in [0.25, 0.3) is 0 Å². The third-order valence-electron chi connectivity index (χ3n) is 1.57. The number of nitrogens with one attached hydrogen (secondary N) is 1. The van der Waals surface area contributed by atoms with Gasteiger partial charge in [0.05, 0.1) is 0 Å². The summed E-state index contributed by atoms with van der Waals surface area (Å²) in [6.07, 6.45) is 0.415. The Morgan fingerprint density at radius 2 is 2.35 bits per heavy atom. The Bertz CT molecular complexity index is 384. The summed E-state index contributed by atoms with van der Waals surface area (Å²) in [6.45, 7) is 5.35. The monoisotopic (exact) mass is 259 g/mol. The number of carbonyl (C=O) groups is 1. The van der Waals surface area contributed by atoms with Crippen molar-refractivity contribution in [2.24, 2.45) is 5.73 Å². The summed E-state index contributed by atoms with van der Waals surface area (Å²) in [7, 11) is 0. The molecule has 0 aliphatic heterocycles. The topological polar surface area (TPSA) is 97.5 Å². The van der Waals surface area contributed by atoms with Gasteiger partial charge in [-0.05, 0) is 20.8 Å². The molecule has 1 aromatic heterocycles. The van der Waals surface area contributed by atoms with Crippen LogP contribution in [0.5, 0.6) is 0 Å². The first-order valence-electron chi connectivity index (χ1n) is 5.14. The Labute approximate surface area is 104 Å². The number of ether oxygens (including phenoxy) is 1. The minimum absolute atomic E-state index is 0.313. The average Bonchev–Trinajstić information content (AvgIpc) is 2.46. The third-order valence-corrected chi connectivity index (χ3v) is 2.51. The fourth-order valence-electron chi connectivity index (χ4n) is 1.06. The number of nitrogens with two attached hydrogens (primary N) is 1. The molecule has 96 valence electrons. The second-order valence-corrected chi connectivity index (χ2v) is 5.65. The second-order valence-electron chi connectivity index (χ2n) is 4.53. The lowest BCUT2D eigenvalue weighted by Crippen LogP contribution is -2.27. The Morgan fingerprint density at radius 1 is 1.71 bits per heavy atom. The number of aromatic nitrogens is 1. The highest BCUT2D eigenvalue weighted by Crippen LogP contribution is 2.19. The molecule has 0 aliphatic rings. The summed E-state index contributed by atoms with van der Waals surface area (Å²) in [6, 6.07) is 0. The fraction of sp³-hybridized carbons (Fsp3) is 0.600. The first-order chi connectivity index (χ1) is 7.76. The fourth-order valence-corrected chi connectivity index (χ4v) is 1.90. The van der Waals surface area contributed by atoms with Crippen molar-refractivity contribution in [3.63, 3.8) is 0 Å². The highest BCUT2D eigenvalue weighted by molar-refractivity contribution is 7.15. The van der Waals surface area contributed by atoms with Crippen molar-refractivity contribution in [2.75, 3.05) is 5.32 Å². The molecule has 0 fully saturated rings. The maximum absolute atomic E-state index is 11.4. The van der Waals surface area contributed by atoms with Gasteiger partial charge in [-0.1, -0.05) is 0 Å². The number of amides is 1. The van der Waals surface area contributed by atoms with E-state index in [0.29, 0.717) is 11.6 Å². The van der Waals surface area contributed by atoms with Gasteiger partial charge in [0.2, 0.25) is 0 Å². The molecule has 1 rings (SSSR count). The van der Waals surface area contributed by atoms with E-state index in [1.54, 1.807) is 27.0 Å². The first-order valence-corrected chi connectivity index (χ1v) is 5.96. The van der Waals surface area contributed by atoms with E-state index in [4.69, 9.17) is 15.6 Å². The van der Waals surface area contributed by atoms with Gasteiger partial charge in [0.15, 0.2) is 5.13 Å². The molecule has 1 heterocycles. The van der Waals surface area contributed by atoms with Crippen LogP contribution in [-0.4, -0.2) is 28.0 Å². The van der Waals surface area contributed by atoms with Crippen LogP contribution in [0.2, 0.25) is 0 Å². The molecular formula is C10H17N3O3S. The van der Waals surface area contributed by atoms with E-state index >= 15 is 0 Å².